The Kier molecular flexibility index (Phi) is 5.64. The zero-order valence-electron chi connectivity index (χ0n) is 7.70. The Morgan fingerprint density at radius 2 is 1.73 bits per heavy atom. The van der Waals surface area contributed by atoms with Gasteiger partial charge in [0.25, 0.3) is 0 Å². The van der Waals surface area contributed by atoms with Crippen LogP contribution in [0.1, 0.15) is 5.56 Å². The molecule has 0 aromatic heterocycles. The summed E-state index contributed by atoms with van der Waals surface area (Å²) in [5.74, 6) is 0. The van der Waals surface area contributed by atoms with Crippen molar-refractivity contribution in [2.75, 3.05) is 0 Å². The van der Waals surface area contributed by atoms with Gasteiger partial charge >= 0.3 is 6.36 Å². The first-order valence-electron chi connectivity index (χ1n) is 4.01. The second-order valence-electron chi connectivity index (χ2n) is 2.79. The van der Waals surface area contributed by atoms with E-state index in [1.54, 1.807) is 30.3 Å². The highest BCUT2D eigenvalue weighted by atomic mass is 35.5. The summed E-state index contributed by atoms with van der Waals surface area (Å²) in [5, 5.41) is 0. The van der Waals surface area contributed by atoms with Gasteiger partial charge in [-0.3, -0.25) is 4.74 Å². The molecule has 0 aliphatic rings. The van der Waals surface area contributed by atoms with E-state index >= 15 is 0 Å². The highest BCUT2D eigenvalue weighted by Gasteiger charge is 2.32. The van der Waals surface area contributed by atoms with Crippen molar-refractivity contribution in [3.63, 3.8) is 0 Å². The minimum Gasteiger partial charge on any atom is -0.306 e. The number of benzene rings is 1. The Hall–Kier alpha value is -0.780. The molecule has 0 heterocycles. The summed E-state index contributed by atoms with van der Waals surface area (Å²) < 4.78 is 38.7. The van der Waals surface area contributed by atoms with Gasteiger partial charge in [-0.1, -0.05) is 30.3 Å². The quantitative estimate of drug-likeness (QED) is 0.825. The third-order valence-corrected chi connectivity index (χ3v) is 1.56. The van der Waals surface area contributed by atoms with Gasteiger partial charge in [-0.2, -0.15) is 0 Å². The van der Waals surface area contributed by atoms with Gasteiger partial charge in [-0.25, -0.2) is 0 Å². The van der Waals surface area contributed by atoms with Crippen molar-refractivity contribution in [1.82, 2.24) is 0 Å². The average molecular weight is 242 g/mol. The van der Waals surface area contributed by atoms with Crippen LogP contribution < -0.4 is 5.73 Å². The second-order valence-corrected chi connectivity index (χ2v) is 2.79. The average Bonchev–Trinajstić information content (AvgIpc) is 2.02. The Morgan fingerprint density at radius 1 is 1.20 bits per heavy atom. The van der Waals surface area contributed by atoms with E-state index in [1.807, 2.05) is 0 Å². The van der Waals surface area contributed by atoms with Crippen LogP contribution in [0, 0.1) is 0 Å². The predicted octanol–water partition coefficient (Wildman–Crippen LogP) is 2.47. The van der Waals surface area contributed by atoms with E-state index in [4.69, 9.17) is 5.73 Å². The zero-order chi connectivity index (χ0) is 10.6. The molecule has 0 aliphatic heterocycles. The maximum atomic E-state index is 11.7. The number of alkyl halides is 3. The van der Waals surface area contributed by atoms with E-state index in [1.165, 1.54) is 0 Å². The molecule has 15 heavy (non-hydrogen) atoms. The number of nitrogens with two attached hydrogens (primary N) is 1. The molecule has 1 rings (SSSR count). The third-order valence-electron chi connectivity index (χ3n) is 1.56. The molecule has 1 aromatic carbocycles. The molecule has 0 spiro atoms. The van der Waals surface area contributed by atoms with E-state index in [9.17, 15) is 13.2 Å². The molecule has 1 unspecified atom stereocenters. The number of ether oxygens (including phenoxy) is 1. The minimum absolute atomic E-state index is 0. The van der Waals surface area contributed by atoms with Gasteiger partial charge in [0.15, 0.2) is 0 Å². The molecule has 0 amide bonds. The first-order valence-corrected chi connectivity index (χ1v) is 4.01. The van der Waals surface area contributed by atoms with Crippen molar-refractivity contribution in [3.8, 4) is 0 Å². The molecular formula is C9H11ClF3NO. The van der Waals surface area contributed by atoms with Gasteiger partial charge in [-0.15, -0.1) is 25.6 Å². The van der Waals surface area contributed by atoms with E-state index < -0.39 is 12.6 Å². The van der Waals surface area contributed by atoms with Crippen LogP contribution in [0.3, 0.4) is 0 Å². The molecule has 1 atom stereocenters. The van der Waals surface area contributed by atoms with Crippen LogP contribution in [0.15, 0.2) is 30.3 Å². The van der Waals surface area contributed by atoms with Gasteiger partial charge in [-0.05, 0) is 5.56 Å². The van der Waals surface area contributed by atoms with Gasteiger partial charge in [0.2, 0.25) is 0 Å². The topological polar surface area (TPSA) is 35.2 Å². The molecule has 0 radical (unpaired) electrons. The fraction of sp³-hybridized carbons (Fsp3) is 0.333. The maximum Gasteiger partial charge on any atom is 0.524 e. The smallest absolute Gasteiger partial charge is 0.306 e. The van der Waals surface area contributed by atoms with Crippen LogP contribution >= 0.6 is 12.4 Å². The molecule has 0 bridgehead atoms. The standard InChI is InChI=1S/C9H10F3NO.ClH/c10-9(11,12)14-8(13)6-7-4-2-1-3-5-7;/h1-5,8H,6,13H2;1H. The SMILES string of the molecule is Cl.NC(Cc1ccccc1)OC(F)(F)F. The molecule has 0 saturated carbocycles. The third kappa shape index (κ3) is 6.33. The van der Waals surface area contributed by atoms with Crippen molar-refractivity contribution in [1.29, 1.82) is 0 Å². The van der Waals surface area contributed by atoms with Crippen molar-refractivity contribution in [2.45, 2.75) is 19.0 Å². The van der Waals surface area contributed by atoms with Crippen molar-refractivity contribution < 1.29 is 17.9 Å². The molecule has 86 valence electrons. The second kappa shape index (κ2) is 5.95. The molecule has 2 nitrogen and oxygen atoms in total. The summed E-state index contributed by atoms with van der Waals surface area (Å²) in [6.45, 7) is 0. The molecule has 0 saturated heterocycles. The van der Waals surface area contributed by atoms with Gasteiger partial charge in [0, 0.05) is 6.42 Å². The van der Waals surface area contributed by atoms with E-state index in [0.717, 1.165) is 0 Å². The zero-order valence-corrected chi connectivity index (χ0v) is 8.52. The van der Waals surface area contributed by atoms with E-state index in [2.05, 4.69) is 4.74 Å². The maximum absolute atomic E-state index is 11.7. The fourth-order valence-electron chi connectivity index (χ4n) is 1.06. The Labute approximate surface area is 91.6 Å². The van der Waals surface area contributed by atoms with Crippen molar-refractivity contribution in [3.05, 3.63) is 35.9 Å². The summed E-state index contributed by atoms with van der Waals surface area (Å²) >= 11 is 0. The van der Waals surface area contributed by atoms with Crippen LogP contribution in [0.25, 0.3) is 0 Å². The van der Waals surface area contributed by atoms with Gasteiger partial charge in [0.05, 0.1) is 0 Å². The van der Waals surface area contributed by atoms with Crippen molar-refractivity contribution in [2.24, 2.45) is 5.73 Å². The lowest BCUT2D eigenvalue weighted by Crippen LogP contribution is -2.32. The number of halogens is 4. The van der Waals surface area contributed by atoms with E-state index in [0.29, 0.717) is 5.56 Å². The summed E-state index contributed by atoms with van der Waals surface area (Å²) in [5.41, 5.74) is 5.86. The largest absolute Gasteiger partial charge is 0.524 e. The lowest BCUT2D eigenvalue weighted by atomic mass is 10.1. The van der Waals surface area contributed by atoms with Gasteiger partial charge in [0.1, 0.15) is 6.23 Å². The van der Waals surface area contributed by atoms with E-state index in [-0.39, 0.29) is 18.8 Å². The molecule has 2 N–H and O–H groups in total. The summed E-state index contributed by atoms with van der Waals surface area (Å²) in [4.78, 5) is 0. The first-order chi connectivity index (χ1) is 6.47. The molecular weight excluding hydrogens is 231 g/mol. The Balaban J connectivity index is 0.00000196. The number of hydrogen-bond acceptors (Lipinski definition) is 2. The Morgan fingerprint density at radius 3 is 2.20 bits per heavy atom. The fourth-order valence-corrected chi connectivity index (χ4v) is 1.06. The predicted molar refractivity (Wildman–Crippen MR) is 52.5 cm³/mol. The first kappa shape index (κ1) is 14.2. The van der Waals surface area contributed by atoms with Crippen LogP contribution in [0.5, 0.6) is 0 Å². The summed E-state index contributed by atoms with van der Waals surface area (Å²) in [6.07, 6.45) is -5.98. The lowest BCUT2D eigenvalue weighted by Gasteiger charge is -2.14. The monoisotopic (exact) mass is 241 g/mol. The highest BCUT2D eigenvalue weighted by Crippen LogP contribution is 2.18. The number of hydrogen-bond donors (Lipinski definition) is 1. The van der Waals surface area contributed by atoms with Crippen LogP contribution in [0.2, 0.25) is 0 Å². The van der Waals surface area contributed by atoms with Crippen LogP contribution in [0.4, 0.5) is 13.2 Å². The number of rotatable bonds is 3. The summed E-state index contributed by atoms with van der Waals surface area (Å²) in [6, 6.07) is 8.63. The highest BCUT2D eigenvalue weighted by molar-refractivity contribution is 5.85. The normalized spacial score (nSPS) is 13.1. The van der Waals surface area contributed by atoms with Crippen LogP contribution in [-0.4, -0.2) is 12.6 Å². The lowest BCUT2D eigenvalue weighted by molar-refractivity contribution is -0.341. The summed E-state index contributed by atoms with van der Waals surface area (Å²) in [7, 11) is 0. The molecule has 0 fully saturated rings. The minimum atomic E-state index is -4.67. The van der Waals surface area contributed by atoms with Crippen molar-refractivity contribution >= 4 is 12.4 Å². The molecule has 6 heteroatoms. The molecule has 0 aliphatic carbocycles. The van der Waals surface area contributed by atoms with Gasteiger partial charge < -0.3 is 5.73 Å². The molecule has 1 aromatic rings. The van der Waals surface area contributed by atoms with Crippen LogP contribution in [-0.2, 0) is 11.2 Å². The Bertz CT molecular complexity index is 278.